The summed E-state index contributed by atoms with van der Waals surface area (Å²) >= 11 is 3.45. The molecule has 3 aromatic rings. The van der Waals surface area contributed by atoms with E-state index in [2.05, 4.69) is 36.8 Å². The van der Waals surface area contributed by atoms with Crippen LogP contribution in [0.5, 0.6) is 0 Å². The first-order valence-corrected chi connectivity index (χ1v) is 7.23. The summed E-state index contributed by atoms with van der Waals surface area (Å²) in [6, 6.07) is 13.1. The summed E-state index contributed by atoms with van der Waals surface area (Å²) in [6.45, 7) is 0.458. The zero-order chi connectivity index (χ0) is 14.7. The van der Waals surface area contributed by atoms with Gasteiger partial charge in [0.15, 0.2) is 0 Å². The van der Waals surface area contributed by atoms with Crippen LogP contribution in [0.1, 0.15) is 5.56 Å². The van der Waals surface area contributed by atoms with Gasteiger partial charge in [0, 0.05) is 22.1 Å². The molecule has 0 fully saturated rings. The number of rotatable bonds is 3. The number of nitrogens with one attached hydrogen (secondary N) is 3. The number of H-pyrrole nitrogens is 1. The molecule has 0 saturated carbocycles. The van der Waals surface area contributed by atoms with Crippen molar-refractivity contribution in [3.05, 3.63) is 58.7 Å². The molecular formula is C15H13BrN4O. The smallest absolute Gasteiger partial charge is 0.319 e. The van der Waals surface area contributed by atoms with Crippen LogP contribution >= 0.6 is 15.9 Å². The minimum atomic E-state index is -0.246. The van der Waals surface area contributed by atoms with Crippen molar-refractivity contribution >= 4 is 38.6 Å². The molecule has 0 aliphatic heterocycles. The van der Waals surface area contributed by atoms with Crippen molar-refractivity contribution in [3.63, 3.8) is 0 Å². The van der Waals surface area contributed by atoms with Crippen molar-refractivity contribution in [2.75, 3.05) is 5.32 Å². The van der Waals surface area contributed by atoms with Crippen LogP contribution in [-0.4, -0.2) is 16.2 Å². The number of urea groups is 1. The third-order valence-electron chi connectivity index (χ3n) is 3.10. The lowest BCUT2D eigenvalue weighted by atomic mass is 10.2. The first-order chi connectivity index (χ1) is 10.2. The molecule has 0 atom stereocenters. The number of carbonyl (C=O) groups excluding carboxylic acids is 1. The molecule has 0 radical (unpaired) electrons. The molecule has 2 aromatic carbocycles. The Hall–Kier alpha value is -2.34. The molecule has 6 heteroatoms. The first-order valence-electron chi connectivity index (χ1n) is 6.44. The van der Waals surface area contributed by atoms with Gasteiger partial charge in [-0.15, -0.1) is 0 Å². The number of hydrogen-bond donors (Lipinski definition) is 3. The minimum absolute atomic E-state index is 0.246. The highest BCUT2D eigenvalue weighted by Crippen LogP contribution is 2.17. The largest absolute Gasteiger partial charge is 0.334 e. The van der Waals surface area contributed by atoms with E-state index in [0.717, 1.165) is 26.6 Å². The summed E-state index contributed by atoms with van der Waals surface area (Å²) in [5, 5.41) is 13.5. The SMILES string of the molecule is O=C(NCc1ccccc1Br)Nc1ccc2cn[nH]c2c1. The van der Waals surface area contributed by atoms with E-state index in [-0.39, 0.29) is 6.03 Å². The van der Waals surface area contributed by atoms with Crippen molar-refractivity contribution in [1.29, 1.82) is 0 Å². The lowest BCUT2D eigenvalue weighted by molar-refractivity contribution is 0.251. The van der Waals surface area contributed by atoms with Gasteiger partial charge in [-0.3, -0.25) is 5.10 Å². The summed E-state index contributed by atoms with van der Waals surface area (Å²) in [7, 11) is 0. The third kappa shape index (κ3) is 3.22. The van der Waals surface area contributed by atoms with Gasteiger partial charge in [-0.2, -0.15) is 5.10 Å². The molecule has 0 aliphatic rings. The molecule has 2 amide bonds. The van der Waals surface area contributed by atoms with Gasteiger partial charge >= 0.3 is 6.03 Å². The van der Waals surface area contributed by atoms with Crippen molar-refractivity contribution in [2.45, 2.75) is 6.54 Å². The average molecular weight is 345 g/mol. The number of anilines is 1. The molecule has 21 heavy (non-hydrogen) atoms. The molecular weight excluding hydrogens is 332 g/mol. The highest BCUT2D eigenvalue weighted by Gasteiger charge is 2.04. The Kier molecular flexibility index (Phi) is 3.87. The molecule has 3 rings (SSSR count). The molecule has 0 spiro atoms. The normalized spacial score (nSPS) is 10.5. The Balaban J connectivity index is 1.62. The molecule has 3 N–H and O–H groups in total. The Morgan fingerprint density at radius 2 is 2.10 bits per heavy atom. The molecule has 5 nitrogen and oxygen atoms in total. The third-order valence-corrected chi connectivity index (χ3v) is 3.87. The maximum Gasteiger partial charge on any atom is 0.319 e. The van der Waals surface area contributed by atoms with Crippen LogP contribution in [0.2, 0.25) is 0 Å². The van der Waals surface area contributed by atoms with Crippen molar-refractivity contribution in [3.8, 4) is 0 Å². The topological polar surface area (TPSA) is 69.8 Å². The fraction of sp³-hybridized carbons (Fsp3) is 0.0667. The van der Waals surface area contributed by atoms with Gasteiger partial charge in [0.1, 0.15) is 0 Å². The van der Waals surface area contributed by atoms with E-state index in [1.165, 1.54) is 0 Å². The second-order valence-electron chi connectivity index (χ2n) is 4.57. The van der Waals surface area contributed by atoms with Crippen LogP contribution in [0.3, 0.4) is 0 Å². The van der Waals surface area contributed by atoms with Crippen molar-refractivity contribution in [2.24, 2.45) is 0 Å². The van der Waals surface area contributed by atoms with E-state index in [9.17, 15) is 4.79 Å². The molecule has 0 saturated heterocycles. The van der Waals surface area contributed by atoms with Gasteiger partial charge in [-0.1, -0.05) is 34.1 Å². The number of hydrogen-bond acceptors (Lipinski definition) is 2. The summed E-state index contributed by atoms with van der Waals surface area (Å²) in [5.41, 5.74) is 2.63. The maximum absolute atomic E-state index is 11.9. The summed E-state index contributed by atoms with van der Waals surface area (Å²) in [5.74, 6) is 0. The maximum atomic E-state index is 11.9. The standard InChI is InChI=1S/C15H13BrN4O/c16-13-4-2-1-3-10(13)8-17-15(21)19-12-6-5-11-9-18-20-14(11)7-12/h1-7,9H,8H2,(H,18,20)(H2,17,19,21). The molecule has 0 aliphatic carbocycles. The fourth-order valence-electron chi connectivity index (χ4n) is 2.01. The number of carbonyl (C=O) groups is 1. The minimum Gasteiger partial charge on any atom is -0.334 e. The van der Waals surface area contributed by atoms with E-state index in [0.29, 0.717) is 6.54 Å². The van der Waals surface area contributed by atoms with Gasteiger partial charge in [0.2, 0.25) is 0 Å². The monoisotopic (exact) mass is 344 g/mol. The highest BCUT2D eigenvalue weighted by molar-refractivity contribution is 9.10. The molecule has 1 heterocycles. The number of aromatic amines is 1. The second-order valence-corrected chi connectivity index (χ2v) is 5.43. The molecule has 1 aromatic heterocycles. The van der Waals surface area contributed by atoms with E-state index in [1.54, 1.807) is 6.20 Å². The lowest BCUT2D eigenvalue weighted by Gasteiger charge is -2.09. The molecule has 106 valence electrons. The fourth-order valence-corrected chi connectivity index (χ4v) is 2.43. The Labute approximate surface area is 129 Å². The first kappa shape index (κ1) is 13.6. The Bertz CT molecular complexity index is 784. The second kappa shape index (κ2) is 5.97. The quantitative estimate of drug-likeness (QED) is 0.678. The zero-order valence-electron chi connectivity index (χ0n) is 11.1. The van der Waals surface area contributed by atoms with Gasteiger partial charge in [-0.05, 0) is 29.8 Å². The van der Waals surface area contributed by atoms with Crippen LogP contribution in [0.4, 0.5) is 10.5 Å². The van der Waals surface area contributed by atoms with Crippen molar-refractivity contribution in [1.82, 2.24) is 15.5 Å². The number of benzene rings is 2. The number of amides is 2. The summed E-state index contributed by atoms with van der Waals surface area (Å²) < 4.78 is 0.976. The Morgan fingerprint density at radius 1 is 1.24 bits per heavy atom. The zero-order valence-corrected chi connectivity index (χ0v) is 12.6. The number of nitrogens with zero attached hydrogens (tertiary/aromatic N) is 1. The van der Waals surface area contributed by atoms with Crippen LogP contribution < -0.4 is 10.6 Å². The highest BCUT2D eigenvalue weighted by atomic mass is 79.9. The average Bonchev–Trinajstić information content (AvgIpc) is 2.94. The van der Waals surface area contributed by atoms with Gasteiger partial charge in [-0.25, -0.2) is 4.79 Å². The Morgan fingerprint density at radius 3 is 2.95 bits per heavy atom. The number of fused-ring (bicyclic) bond motifs is 1. The van der Waals surface area contributed by atoms with E-state index in [4.69, 9.17) is 0 Å². The van der Waals surface area contributed by atoms with Gasteiger partial charge in [0.05, 0.1) is 11.7 Å². The summed E-state index contributed by atoms with van der Waals surface area (Å²) in [6.07, 6.45) is 1.74. The van der Waals surface area contributed by atoms with Gasteiger partial charge < -0.3 is 10.6 Å². The number of aromatic nitrogens is 2. The lowest BCUT2D eigenvalue weighted by Crippen LogP contribution is -2.28. The van der Waals surface area contributed by atoms with Crippen LogP contribution in [-0.2, 0) is 6.54 Å². The molecule has 0 unspecified atom stereocenters. The predicted octanol–water partition coefficient (Wildman–Crippen LogP) is 3.65. The van der Waals surface area contributed by atoms with E-state index >= 15 is 0 Å². The number of halogens is 1. The van der Waals surface area contributed by atoms with Crippen LogP contribution in [0.15, 0.2) is 53.1 Å². The van der Waals surface area contributed by atoms with Crippen molar-refractivity contribution < 1.29 is 4.79 Å². The predicted molar refractivity (Wildman–Crippen MR) is 86.1 cm³/mol. The van der Waals surface area contributed by atoms with Crippen LogP contribution in [0, 0.1) is 0 Å². The van der Waals surface area contributed by atoms with E-state index < -0.39 is 0 Å². The van der Waals surface area contributed by atoms with Gasteiger partial charge in [0.25, 0.3) is 0 Å². The van der Waals surface area contributed by atoms with E-state index in [1.807, 2.05) is 42.5 Å². The molecule has 0 bridgehead atoms. The summed E-state index contributed by atoms with van der Waals surface area (Å²) in [4.78, 5) is 11.9. The van der Waals surface area contributed by atoms with Crippen LogP contribution in [0.25, 0.3) is 10.9 Å².